The Hall–Kier alpha value is -1.86. The molecule has 3 nitrogen and oxygen atoms in total. The van der Waals surface area contributed by atoms with E-state index in [1.807, 2.05) is 12.1 Å². The Balaban J connectivity index is 2.19. The molecular formula is C13H13N3S. The Morgan fingerprint density at radius 1 is 1.41 bits per heavy atom. The normalized spacial score (nSPS) is 11.8. The molecule has 0 fully saturated rings. The fraction of sp³-hybridized carbons (Fsp3) is 0.231. The summed E-state index contributed by atoms with van der Waals surface area (Å²) < 4.78 is 0. The van der Waals surface area contributed by atoms with Crippen LogP contribution in [0.5, 0.6) is 0 Å². The van der Waals surface area contributed by atoms with E-state index in [2.05, 4.69) is 42.4 Å². The molecule has 1 unspecified atom stereocenters. The third kappa shape index (κ3) is 2.63. The molecule has 4 heteroatoms. The van der Waals surface area contributed by atoms with Gasteiger partial charge in [0, 0.05) is 16.0 Å². The van der Waals surface area contributed by atoms with E-state index in [0.717, 1.165) is 5.69 Å². The Labute approximate surface area is 105 Å². The van der Waals surface area contributed by atoms with E-state index < -0.39 is 0 Å². The highest BCUT2D eigenvalue weighted by atomic mass is 32.1. The maximum Gasteiger partial charge on any atom is 0.163 e. The second kappa shape index (κ2) is 4.98. The van der Waals surface area contributed by atoms with Gasteiger partial charge in [0.15, 0.2) is 5.69 Å². The SMILES string of the molecule is Cc1ccc(C(C)Nc2cccnc2C#N)s1. The predicted octanol–water partition coefficient (Wildman–Crippen LogP) is 3.50. The standard InChI is InChI=1S/C13H13N3S/c1-9-5-6-13(17-9)10(2)16-11-4-3-7-15-12(11)8-14/h3-7,10,16H,1-2H3. The summed E-state index contributed by atoms with van der Waals surface area (Å²) in [6, 6.07) is 10.2. The molecule has 0 saturated heterocycles. The zero-order valence-electron chi connectivity index (χ0n) is 9.77. The highest BCUT2D eigenvalue weighted by molar-refractivity contribution is 7.12. The molecule has 0 spiro atoms. The molecule has 0 amide bonds. The van der Waals surface area contributed by atoms with Crippen molar-refractivity contribution in [3.05, 3.63) is 45.9 Å². The third-order valence-electron chi connectivity index (χ3n) is 2.47. The molecule has 0 aliphatic carbocycles. The van der Waals surface area contributed by atoms with Crippen molar-refractivity contribution in [3.63, 3.8) is 0 Å². The van der Waals surface area contributed by atoms with Crippen molar-refractivity contribution in [1.29, 1.82) is 5.26 Å². The van der Waals surface area contributed by atoms with E-state index in [1.165, 1.54) is 9.75 Å². The number of hydrogen-bond donors (Lipinski definition) is 1. The maximum absolute atomic E-state index is 8.96. The lowest BCUT2D eigenvalue weighted by atomic mass is 10.2. The molecular weight excluding hydrogens is 230 g/mol. The Morgan fingerprint density at radius 2 is 2.24 bits per heavy atom. The van der Waals surface area contributed by atoms with Crippen LogP contribution in [0.1, 0.15) is 28.4 Å². The average Bonchev–Trinajstić information content (AvgIpc) is 2.77. The highest BCUT2D eigenvalue weighted by Crippen LogP contribution is 2.26. The van der Waals surface area contributed by atoms with Gasteiger partial charge < -0.3 is 5.32 Å². The van der Waals surface area contributed by atoms with Crippen molar-refractivity contribution >= 4 is 17.0 Å². The molecule has 2 rings (SSSR count). The number of thiophene rings is 1. The third-order valence-corrected chi connectivity index (χ3v) is 3.66. The summed E-state index contributed by atoms with van der Waals surface area (Å²) in [4.78, 5) is 6.58. The lowest BCUT2D eigenvalue weighted by molar-refractivity contribution is 0.904. The van der Waals surface area contributed by atoms with Gasteiger partial charge in [-0.15, -0.1) is 11.3 Å². The van der Waals surface area contributed by atoms with Gasteiger partial charge in [0.2, 0.25) is 0 Å². The van der Waals surface area contributed by atoms with Crippen LogP contribution >= 0.6 is 11.3 Å². The number of nitrogens with one attached hydrogen (secondary N) is 1. The molecule has 2 heterocycles. The van der Waals surface area contributed by atoms with Crippen molar-refractivity contribution in [3.8, 4) is 6.07 Å². The van der Waals surface area contributed by atoms with Crippen LogP contribution in [0.15, 0.2) is 30.5 Å². The molecule has 0 bridgehead atoms. The molecule has 1 atom stereocenters. The highest BCUT2D eigenvalue weighted by Gasteiger charge is 2.10. The summed E-state index contributed by atoms with van der Waals surface area (Å²) in [6.07, 6.45) is 1.63. The van der Waals surface area contributed by atoms with Gasteiger partial charge in [-0.25, -0.2) is 4.98 Å². The minimum absolute atomic E-state index is 0.185. The number of aromatic nitrogens is 1. The number of aryl methyl sites for hydroxylation is 1. The smallest absolute Gasteiger partial charge is 0.163 e. The fourth-order valence-electron chi connectivity index (χ4n) is 1.60. The van der Waals surface area contributed by atoms with Gasteiger partial charge >= 0.3 is 0 Å². The number of nitrogens with zero attached hydrogens (tertiary/aromatic N) is 2. The minimum Gasteiger partial charge on any atom is -0.375 e. The number of rotatable bonds is 3. The molecule has 17 heavy (non-hydrogen) atoms. The zero-order chi connectivity index (χ0) is 12.3. The van der Waals surface area contributed by atoms with Gasteiger partial charge in [-0.1, -0.05) is 0 Å². The summed E-state index contributed by atoms with van der Waals surface area (Å²) in [5, 5.41) is 12.3. The Morgan fingerprint density at radius 3 is 2.88 bits per heavy atom. The van der Waals surface area contributed by atoms with Crippen LogP contribution in [0.2, 0.25) is 0 Å². The van der Waals surface area contributed by atoms with Crippen LogP contribution in [0.25, 0.3) is 0 Å². The van der Waals surface area contributed by atoms with Crippen molar-refractivity contribution in [2.75, 3.05) is 5.32 Å². The van der Waals surface area contributed by atoms with E-state index >= 15 is 0 Å². The first kappa shape index (κ1) is 11.6. The quantitative estimate of drug-likeness (QED) is 0.897. The summed E-state index contributed by atoms with van der Waals surface area (Å²) in [7, 11) is 0. The monoisotopic (exact) mass is 243 g/mol. The van der Waals surface area contributed by atoms with Gasteiger partial charge in [-0.2, -0.15) is 5.26 Å². The summed E-state index contributed by atoms with van der Waals surface area (Å²) in [5.41, 5.74) is 1.22. The fourth-order valence-corrected chi connectivity index (χ4v) is 2.48. The van der Waals surface area contributed by atoms with Crippen molar-refractivity contribution < 1.29 is 0 Å². The summed E-state index contributed by atoms with van der Waals surface area (Å²) in [5.74, 6) is 0. The molecule has 0 aromatic carbocycles. The van der Waals surface area contributed by atoms with E-state index in [-0.39, 0.29) is 6.04 Å². The first-order chi connectivity index (χ1) is 8.20. The number of hydrogen-bond acceptors (Lipinski definition) is 4. The average molecular weight is 243 g/mol. The Bertz CT molecular complexity index is 554. The van der Waals surface area contributed by atoms with Gasteiger partial charge in [0.25, 0.3) is 0 Å². The van der Waals surface area contributed by atoms with Crippen LogP contribution in [0.4, 0.5) is 5.69 Å². The molecule has 0 radical (unpaired) electrons. The molecule has 0 saturated carbocycles. The van der Waals surface area contributed by atoms with Crippen molar-refractivity contribution in [1.82, 2.24) is 4.98 Å². The van der Waals surface area contributed by atoms with Crippen LogP contribution in [-0.2, 0) is 0 Å². The van der Waals surface area contributed by atoms with Gasteiger partial charge in [-0.05, 0) is 38.1 Å². The van der Waals surface area contributed by atoms with Crippen molar-refractivity contribution in [2.45, 2.75) is 19.9 Å². The number of pyridine rings is 1. The molecule has 2 aromatic rings. The summed E-state index contributed by atoms with van der Waals surface area (Å²) in [6.45, 7) is 4.17. The van der Waals surface area contributed by atoms with E-state index in [4.69, 9.17) is 5.26 Å². The molecule has 0 aliphatic heterocycles. The molecule has 86 valence electrons. The van der Waals surface area contributed by atoms with E-state index in [0.29, 0.717) is 5.69 Å². The second-order valence-corrected chi connectivity index (χ2v) is 5.15. The summed E-state index contributed by atoms with van der Waals surface area (Å²) >= 11 is 1.76. The largest absolute Gasteiger partial charge is 0.375 e. The molecule has 2 aromatic heterocycles. The topological polar surface area (TPSA) is 48.7 Å². The Kier molecular flexibility index (Phi) is 3.40. The van der Waals surface area contributed by atoms with E-state index in [1.54, 1.807) is 17.5 Å². The first-order valence-electron chi connectivity index (χ1n) is 5.38. The van der Waals surface area contributed by atoms with Crippen LogP contribution in [0, 0.1) is 18.3 Å². The first-order valence-corrected chi connectivity index (χ1v) is 6.20. The zero-order valence-corrected chi connectivity index (χ0v) is 10.6. The minimum atomic E-state index is 0.185. The van der Waals surface area contributed by atoms with Gasteiger partial charge in [0.05, 0.1) is 11.7 Å². The second-order valence-electron chi connectivity index (χ2n) is 3.83. The molecule has 0 aliphatic rings. The van der Waals surface area contributed by atoms with Crippen LogP contribution in [-0.4, -0.2) is 4.98 Å². The predicted molar refractivity (Wildman–Crippen MR) is 70.0 cm³/mol. The number of anilines is 1. The van der Waals surface area contributed by atoms with Gasteiger partial charge in [0.1, 0.15) is 6.07 Å². The lowest BCUT2D eigenvalue weighted by Gasteiger charge is -2.14. The maximum atomic E-state index is 8.96. The molecule has 1 N–H and O–H groups in total. The van der Waals surface area contributed by atoms with E-state index in [9.17, 15) is 0 Å². The van der Waals surface area contributed by atoms with Gasteiger partial charge in [-0.3, -0.25) is 0 Å². The lowest BCUT2D eigenvalue weighted by Crippen LogP contribution is -2.06. The number of nitriles is 1. The van der Waals surface area contributed by atoms with Crippen LogP contribution < -0.4 is 5.32 Å². The van der Waals surface area contributed by atoms with Crippen molar-refractivity contribution in [2.24, 2.45) is 0 Å². The van der Waals surface area contributed by atoms with Crippen LogP contribution in [0.3, 0.4) is 0 Å².